The van der Waals surface area contributed by atoms with E-state index in [1.54, 1.807) is 0 Å². The van der Waals surface area contributed by atoms with Crippen LogP contribution in [0, 0.1) is 0 Å². The van der Waals surface area contributed by atoms with Gasteiger partial charge in [0.2, 0.25) is 0 Å². The molecule has 0 aliphatic rings. The highest BCUT2D eigenvalue weighted by Crippen LogP contribution is 2.42. The van der Waals surface area contributed by atoms with Gasteiger partial charge in [-0.1, -0.05) is 183 Å². The highest BCUT2D eigenvalue weighted by Gasteiger charge is 2.24. The molecule has 5 heteroatoms. The molecule has 0 aliphatic heterocycles. The van der Waals surface area contributed by atoms with Crippen molar-refractivity contribution in [2.24, 2.45) is 0 Å². The number of esters is 1. The molecule has 0 saturated carbocycles. The number of carbonyl (C=O) groups is 2. The molecule has 0 saturated heterocycles. The first kappa shape index (κ1) is 44.8. The van der Waals surface area contributed by atoms with Crippen molar-refractivity contribution in [2.45, 2.75) is 20.3 Å². The number of thiophene rings is 1. The third-order valence-corrected chi connectivity index (χ3v) is 14.4. The highest BCUT2D eigenvalue weighted by molar-refractivity contribution is 7.25. The van der Waals surface area contributed by atoms with E-state index >= 15 is 0 Å². The Morgan fingerprint density at radius 1 is 0.380 bits per heavy atom. The average Bonchev–Trinajstić information content (AvgIpc) is 3.82. The van der Waals surface area contributed by atoms with Crippen molar-refractivity contribution in [1.82, 2.24) is 0 Å². The van der Waals surface area contributed by atoms with Gasteiger partial charge in [-0.25, -0.2) is 4.79 Å². The van der Waals surface area contributed by atoms with Crippen LogP contribution in [-0.2, 0) is 4.74 Å². The van der Waals surface area contributed by atoms with E-state index in [1.165, 1.54) is 36.9 Å². The zero-order valence-corrected chi connectivity index (χ0v) is 40.3. The number of hydrogen-bond acceptors (Lipinski definition) is 5. The van der Waals surface area contributed by atoms with Gasteiger partial charge in [-0.3, -0.25) is 4.79 Å². The van der Waals surface area contributed by atoms with Gasteiger partial charge in [-0.15, -0.1) is 11.3 Å². The van der Waals surface area contributed by atoms with Crippen LogP contribution in [0.4, 0.5) is 17.1 Å². The second-order valence-electron chi connectivity index (χ2n) is 17.6. The van der Waals surface area contributed by atoms with Gasteiger partial charge >= 0.3 is 5.97 Å². The number of benzene rings is 10. The first-order valence-electron chi connectivity index (χ1n) is 24.2. The third kappa shape index (κ3) is 8.96. The number of rotatable bonds is 13. The van der Waals surface area contributed by atoms with Crippen molar-refractivity contribution in [2.75, 3.05) is 11.5 Å². The van der Waals surface area contributed by atoms with Gasteiger partial charge in [0.25, 0.3) is 0 Å². The minimum Gasteiger partial charge on any atom is -0.462 e. The number of anilines is 3. The summed E-state index contributed by atoms with van der Waals surface area (Å²) in [5.74, 6) is -0.450. The number of hydrogen-bond donors (Lipinski definition) is 0. The number of nitrogens with zero attached hydrogens (tertiary/aromatic N) is 1. The van der Waals surface area contributed by atoms with Crippen LogP contribution >= 0.6 is 11.3 Å². The molecular formula is C66H49NO3S. The number of ketones is 1. The van der Waals surface area contributed by atoms with E-state index in [4.69, 9.17) is 4.74 Å². The van der Waals surface area contributed by atoms with Gasteiger partial charge in [0.1, 0.15) is 0 Å². The summed E-state index contributed by atoms with van der Waals surface area (Å²) < 4.78 is 8.26. The van der Waals surface area contributed by atoms with Crippen LogP contribution in [0.15, 0.2) is 237 Å². The van der Waals surface area contributed by atoms with E-state index in [1.807, 2.05) is 91.9 Å². The molecule has 11 aromatic rings. The second kappa shape index (κ2) is 19.8. The summed E-state index contributed by atoms with van der Waals surface area (Å²) in [6.07, 6.45) is 0.304. The summed E-state index contributed by atoms with van der Waals surface area (Å²) in [6, 6.07) is 82.2. The second-order valence-corrected chi connectivity index (χ2v) is 18.7. The smallest absolute Gasteiger partial charge is 0.338 e. The van der Waals surface area contributed by atoms with E-state index < -0.39 is 5.97 Å². The molecule has 0 atom stereocenters. The summed E-state index contributed by atoms with van der Waals surface area (Å²) in [5.41, 5.74) is 15.8. The Kier molecular flexibility index (Phi) is 12.5. The Morgan fingerprint density at radius 3 is 1.41 bits per heavy atom. The molecule has 0 radical (unpaired) electrons. The lowest BCUT2D eigenvalue weighted by molar-refractivity contribution is 0.0527. The van der Waals surface area contributed by atoms with Crippen LogP contribution in [0.5, 0.6) is 0 Å². The monoisotopic (exact) mass is 935 g/mol. The van der Waals surface area contributed by atoms with Crippen molar-refractivity contribution in [3.63, 3.8) is 0 Å². The van der Waals surface area contributed by atoms with Crippen LogP contribution in [0.25, 0.3) is 86.9 Å². The molecule has 342 valence electrons. The summed E-state index contributed by atoms with van der Waals surface area (Å²) >= 11 is 1.83. The minimum atomic E-state index is -0.437. The minimum absolute atomic E-state index is 0.0130. The number of ether oxygens (including phenoxy) is 1. The first-order valence-corrected chi connectivity index (χ1v) is 25.0. The molecule has 0 aliphatic carbocycles. The van der Waals surface area contributed by atoms with Gasteiger partial charge in [0.15, 0.2) is 5.78 Å². The van der Waals surface area contributed by atoms with E-state index in [9.17, 15) is 9.59 Å². The third-order valence-electron chi connectivity index (χ3n) is 13.3. The molecule has 1 heterocycles. The van der Waals surface area contributed by atoms with Crippen LogP contribution in [0.1, 0.15) is 41.0 Å². The van der Waals surface area contributed by atoms with Crippen LogP contribution in [0.2, 0.25) is 0 Å². The first-order chi connectivity index (χ1) is 34.9. The molecule has 10 aromatic carbocycles. The lowest BCUT2D eigenvalue weighted by Gasteiger charge is -2.26. The normalized spacial score (nSPS) is 11.2. The quantitative estimate of drug-likeness (QED) is 0.0854. The summed E-state index contributed by atoms with van der Waals surface area (Å²) in [6.45, 7) is 3.91. The van der Waals surface area contributed by atoms with Crippen molar-refractivity contribution in [1.29, 1.82) is 0 Å². The van der Waals surface area contributed by atoms with E-state index in [0.29, 0.717) is 28.7 Å². The molecule has 0 spiro atoms. The molecule has 11 rings (SSSR count). The zero-order valence-electron chi connectivity index (χ0n) is 39.5. The van der Waals surface area contributed by atoms with Gasteiger partial charge in [-0.05, 0) is 134 Å². The largest absolute Gasteiger partial charge is 0.462 e. The molecule has 4 nitrogen and oxygen atoms in total. The van der Waals surface area contributed by atoms with Gasteiger partial charge in [0.05, 0.1) is 12.2 Å². The molecule has 0 bridgehead atoms. The van der Waals surface area contributed by atoms with Crippen LogP contribution in [-0.4, -0.2) is 18.4 Å². The fraction of sp³-hybridized carbons (Fsp3) is 0.0606. The fourth-order valence-corrected chi connectivity index (χ4v) is 10.8. The molecule has 0 unspecified atom stereocenters. The summed E-state index contributed by atoms with van der Waals surface area (Å²) in [5, 5.41) is 2.57. The maximum absolute atomic E-state index is 14.0. The molecule has 0 amide bonds. The maximum atomic E-state index is 14.0. The number of Topliss-reactive ketones (excluding diaryl/α,β-unsaturated/α-hetero) is 1. The Morgan fingerprint density at radius 2 is 0.817 bits per heavy atom. The van der Waals surface area contributed by atoms with Crippen LogP contribution in [0.3, 0.4) is 0 Å². The number of carbonyl (C=O) groups excluding carboxylic acids is 2. The Balaban J connectivity index is 0.984. The Hall–Kier alpha value is -8.64. The fourth-order valence-electron chi connectivity index (χ4n) is 9.68. The number of fused-ring (bicyclic) bond motifs is 3. The predicted octanol–water partition coefficient (Wildman–Crippen LogP) is 18.3. The highest BCUT2D eigenvalue weighted by atomic mass is 32.1. The van der Waals surface area contributed by atoms with Crippen molar-refractivity contribution >= 4 is 60.3 Å². The molecule has 71 heavy (non-hydrogen) atoms. The van der Waals surface area contributed by atoms with Crippen LogP contribution < -0.4 is 4.90 Å². The zero-order chi connectivity index (χ0) is 48.3. The average molecular weight is 936 g/mol. The maximum Gasteiger partial charge on any atom is 0.338 e. The Labute approximate surface area is 418 Å². The molecule has 0 fully saturated rings. The van der Waals surface area contributed by atoms with Gasteiger partial charge in [0, 0.05) is 49.2 Å². The predicted molar refractivity (Wildman–Crippen MR) is 297 cm³/mol. The molecule has 0 N–H and O–H groups in total. The summed E-state index contributed by atoms with van der Waals surface area (Å²) in [7, 11) is 0. The van der Waals surface area contributed by atoms with E-state index in [-0.39, 0.29) is 12.4 Å². The lowest BCUT2D eigenvalue weighted by atomic mass is 9.86. The van der Waals surface area contributed by atoms with Gasteiger partial charge < -0.3 is 9.64 Å². The van der Waals surface area contributed by atoms with Crippen molar-refractivity contribution in [3.05, 3.63) is 248 Å². The van der Waals surface area contributed by atoms with Gasteiger partial charge in [-0.2, -0.15) is 0 Å². The standard InChI is InChI=1S/C66H49NO3S/c1-3-63(68)61-43-60(56-20-12-11-19-55(56)49-17-9-6-10-18-49)62(66(69)70-4-2)42-59(61)50-31-38-54(39-32-50)67(52-34-27-47(28-35-52)46-25-23-45(24-26-46)44-15-7-5-8-16-44)53-36-29-48(30-37-53)51-33-40-58-57-21-13-14-22-64(57)71-65(58)41-51/h5-43H,3-4H2,1-2H3. The lowest BCUT2D eigenvalue weighted by Crippen LogP contribution is -2.11. The summed E-state index contributed by atoms with van der Waals surface area (Å²) in [4.78, 5) is 30.2. The molecular weight excluding hydrogens is 887 g/mol. The van der Waals surface area contributed by atoms with Crippen molar-refractivity contribution in [3.8, 4) is 66.8 Å². The van der Waals surface area contributed by atoms with Crippen molar-refractivity contribution < 1.29 is 14.3 Å². The molecule has 1 aromatic heterocycles. The van der Waals surface area contributed by atoms with E-state index in [0.717, 1.165) is 56.0 Å². The Bertz CT molecular complexity index is 3690. The topological polar surface area (TPSA) is 46.6 Å². The van der Waals surface area contributed by atoms with E-state index in [2.05, 4.69) is 175 Å². The SMILES string of the molecule is CCOC(=O)c1cc(-c2ccc(N(c3ccc(-c4ccc(-c5ccccc5)cc4)cc3)c3ccc(-c4ccc5c(c4)sc4ccccc45)cc3)cc2)c(C(=O)CC)cc1-c1ccccc1-c1ccccc1.